The number of nitro groups is 2. The van der Waals surface area contributed by atoms with Crippen molar-refractivity contribution in [3.8, 4) is 0 Å². The van der Waals surface area contributed by atoms with Gasteiger partial charge in [0.1, 0.15) is 11.4 Å². The lowest BCUT2D eigenvalue weighted by Crippen LogP contribution is -2.13. The summed E-state index contributed by atoms with van der Waals surface area (Å²) < 4.78 is 0. The summed E-state index contributed by atoms with van der Waals surface area (Å²) in [7, 11) is 0. The van der Waals surface area contributed by atoms with E-state index in [0.29, 0.717) is 25.9 Å². The van der Waals surface area contributed by atoms with Crippen molar-refractivity contribution in [2.24, 2.45) is 11.5 Å². The number of nitrogens with one attached hydrogen (secondary N) is 2. The van der Waals surface area contributed by atoms with Crippen molar-refractivity contribution in [3.05, 3.63) is 67.8 Å². The van der Waals surface area contributed by atoms with Gasteiger partial charge in [0, 0.05) is 36.3 Å². The van der Waals surface area contributed by atoms with E-state index in [-0.39, 0.29) is 33.9 Å². The highest BCUT2D eigenvalue weighted by atomic mass is 16.6. The Balaban J connectivity index is 1.88. The molecule has 2 amide bonds. The predicted octanol–water partition coefficient (Wildman–Crippen LogP) is 2.00. The van der Waals surface area contributed by atoms with Crippen LogP contribution in [0, 0.1) is 20.2 Å². The zero-order valence-electron chi connectivity index (χ0n) is 15.8. The molecule has 12 heteroatoms. The summed E-state index contributed by atoms with van der Waals surface area (Å²) in [6.07, 6.45) is 1.21. The van der Waals surface area contributed by atoms with Gasteiger partial charge in [0.05, 0.1) is 9.85 Å². The van der Waals surface area contributed by atoms with Crippen LogP contribution in [0.1, 0.15) is 33.6 Å². The van der Waals surface area contributed by atoms with Gasteiger partial charge >= 0.3 is 0 Å². The van der Waals surface area contributed by atoms with Gasteiger partial charge in [-0.05, 0) is 37.1 Å². The number of carbonyl (C=O) groups is 2. The number of benzene rings is 2. The van der Waals surface area contributed by atoms with Crippen LogP contribution in [-0.4, -0.2) is 34.8 Å². The summed E-state index contributed by atoms with van der Waals surface area (Å²) in [6.45, 7) is 0.808. The van der Waals surface area contributed by atoms with E-state index in [9.17, 15) is 29.8 Å². The maximum Gasteiger partial charge on any atom is 0.293 e. The Morgan fingerprint density at radius 3 is 1.43 bits per heavy atom. The fourth-order valence-electron chi connectivity index (χ4n) is 2.67. The van der Waals surface area contributed by atoms with Gasteiger partial charge in [-0.1, -0.05) is 0 Å². The molecule has 0 aliphatic rings. The maximum absolute atomic E-state index is 11.2. The zero-order chi connectivity index (χ0) is 22.3. The third-order valence-electron chi connectivity index (χ3n) is 4.19. The van der Waals surface area contributed by atoms with Crippen LogP contribution in [0.15, 0.2) is 36.4 Å². The van der Waals surface area contributed by atoms with Crippen molar-refractivity contribution < 1.29 is 19.4 Å². The van der Waals surface area contributed by atoms with Crippen molar-refractivity contribution in [1.82, 2.24) is 0 Å². The van der Waals surface area contributed by atoms with E-state index in [1.54, 1.807) is 0 Å². The van der Waals surface area contributed by atoms with E-state index in [1.165, 1.54) is 24.3 Å². The third kappa shape index (κ3) is 5.64. The first kappa shape index (κ1) is 22.1. The van der Waals surface area contributed by atoms with Crippen LogP contribution in [0.3, 0.4) is 0 Å². The molecule has 2 rings (SSSR count). The van der Waals surface area contributed by atoms with Crippen molar-refractivity contribution >= 4 is 34.6 Å². The second-order valence-corrected chi connectivity index (χ2v) is 6.27. The summed E-state index contributed by atoms with van der Waals surface area (Å²) in [6, 6.07) is 7.85. The van der Waals surface area contributed by atoms with Gasteiger partial charge in [-0.15, -0.1) is 0 Å². The molecule has 0 radical (unpaired) electrons. The molecular formula is C18H20N6O6. The number of nitrogens with zero attached hydrogens (tertiary/aromatic N) is 2. The Hall–Kier alpha value is -4.22. The highest BCUT2D eigenvalue weighted by Crippen LogP contribution is 2.26. The number of hydrogen-bond acceptors (Lipinski definition) is 8. The molecule has 0 aliphatic heterocycles. The highest BCUT2D eigenvalue weighted by Gasteiger charge is 2.17. The molecule has 0 saturated carbocycles. The van der Waals surface area contributed by atoms with E-state index in [2.05, 4.69) is 10.6 Å². The van der Waals surface area contributed by atoms with Crippen molar-refractivity contribution in [2.45, 2.75) is 12.8 Å². The van der Waals surface area contributed by atoms with Gasteiger partial charge in [-0.2, -0.15) is 0 Å². The largest absolute Gasteiger partial charge is 0.379 e. The number of hydrogen-bond donors (Lipinski definition) is 4. The number of primary amides is 2. The first-order chi connectivity index (χ1) is 14.2. The molecule has 0 saturated heterocycles. The average Bonchev–Trinajstić information content (AvgIpc) is 2.70. The number of nitro benzene ring substituents is 2. The fraction of sp³-hybridized carbons (Fsp3) is 0.222. The average molecular weight is 416 g/mol. The predicted molar refractivity (Wildman–Crippen MR) is 109 cm³/mol. The topological polar surface area (TPSA) is 197 Å². The molecule has 0 unspecified atom stereocenters. The van der Waals surface area contributed by atoms with Crippen LogP contribution in [-0.2, 0) is 0 Å². The number of carbonyl (C=O) groups excluding carboxylic acids is 2. The van der Waals surface area contributed by atoms with Gasteiger partial charge in [0.2, 0.25) is 11.8 Å². The van der Waals surface area contributed by atoms with E-state index in [0.717, 1.165) is 12.1 Å². The van der Waals surface area contributed by atoms with Crippen LogP contribution >= 0.6 is 0 Å². The molecule has 0 heterocycles. The lowest BCUT2D eigenvalue weighted by atomic mass is 10.1. The molecule has 0 spiro atoms. The summed E-state index contributed by atoms with van der Waals surface area (Å²) >= 11 is 0. The van der Waals surface area contributed by atoms with Gasteiger partial charge in [-0.25, -0.2) is 0 Å². The van der Waals surface area contributed by atoms with Gasteiger partial charge in [-0.3, -0.25) is 29.8 Å². The lowest BCUT2D eigenvalue weighted by molar-refractivity contribution is -0.384. The third-order valence-corrected chi connectivity index (χ3v) is 4.19. The number of rotatable bonds is 11. The second-order valence-electron chi connectivity index (χ2n) is 6.27. The first-order valence-electron chi connectivity index (χ1n) is 8.85. The number of unbranched alkanes of at least 4 members (excludes halogenated alkanes) is 1. The van der Waals surface area contributed by atoms with Crippen molar-refractivity contribution in [3.63, 3.8) is 0 Å². The van der Waals surface area contributed by atoms with Crippen LogP contribution in [0.5, 0.6) is 0 Å². The minimum Gasteiger partial charge on any atom is -0.379 e. The van der Waals surface area contributed by atoms with E-state index >= 15 is 0 Å². The van der Waals surface area contributed by atoms with Crippen molar-refractivity contribution in [1.29, 1.82) is 0 Å². The maximum atomic E-state index is 11.2. The molecule has 0 fully saturated rings. The number of anilines is 2. The molecule has 2 aromatic carbocycles. The standard InChI is InChI=1S/C18H20N6O6/c19-17(25)11-3-5-13(15(9-11)23(27)28)21-7-1-2-8-22-14-6-4-12(18(20)26)10-16(14)24(29)30/h3-6,9-10,21-22H,1-2,7-8H2,(H2,19,25)(H2,20,26). The molecule has 30 heavy (non-hydrogen) atoms. The van der Waals surface area contributed by atoms with Crippen LogP contribution in [0.4, 0.5) is 22.7 Å². The monoisotopic (exact) mass is 416 g/mol. The smallest absolute Gasteiger partial charge is 0.293 e. The summed E-state index contributed by atoms with van der Waals surface area (Å²) in [4.78, 5) is 43.4. The molecule has 0 atom stereocenters. The van der Waals surface area contributed by atoms with Gasteiger partial charge in [0.25, 0.3) is 11.4 Å². The number of amides is 2. The molecule has 0 aromatic heterocycles. The highest BCUT2D eigenvalue weighted by molar-refractivity contribution is 5.95. The summed E-state index contributed by atoms with van der Waals surface area (Å²) in [5.74, 6) is -1.51. The molecule has 158 valence electrons. The van der Waals surface area contributed by atoms with Crippen LogP contribution < -0.4 is 22.1 Å². The van der Waals surface area contributed by atoms with Crippen LogP contribution in [0.2, 0.25) is 0 Å². The van der Waals surface area contributed by atoms with Crippen LogP contribution in [0.25, 0.3) is 0 Å². The molecular weight excluding hydrogens is 396 g/mol. The summed E-state index contributed by atoms with van der Waals surface area (Å²) in [5.41, 5.74) is 10.4. The molecule has 6 N–H and O–H groups in total. The Morgan fingerprint density at radius 2 is 1.13 bits per heavy atom. The van der Waals surface area contributed by atoms with Gasteiger partial charge < -0.3 is 22.1 Å². The second kappa shape index (κ2) is 9.82. The lowest BCUT2D eigenvalue weighted by Gasteiger charge is -2.10. The minimum atomic E-state index is -0.756. The summed E-state index contributed by atoms with van der Waals surface area (Å²) in [5, 5.41) is 28.2. The molecule has 0 aliphatic carbocycles. The first-order valence-corrected chi connectivity index (χ1v) is 8.85. The van der Waals surface area contributed by atoms with Crippen molar-refractivity contribution in [2.75, 3.05) is 23.7 Å². The Labute approximate surface area is 170 Å². The SMILES string of the molecule is NC(=O)c1ccc(NCCCCNc2ccc(C(N)=O)cc2[N+](=O)[O-])c([N+](=O)[O-])c1. The Morgan fingerprint density at radius 1 is 0.767 bits per heavy atom. The van der Waals surface area contributed by atoms with Gasteiger partial charge in [0.15, 0.2) is 0 Å². The normalized spacial score (nSPS) is 10.3. The fourth-order valence-corrected chi connectivity index (χ4v) is 2.67. The number of nitrogens with two attached hydrogens (primary N) is 2. The Kier molecular flexibility index (Phi) is 7.22. The molecule has 12 nitrogen and oxygen atoms in total. The molecule has 2 aromatic rings. The van der Waals surface area contributed by atoms with E-state index in [4.69, 9.17) is 11.5 Å². The minimum absolute atomic E-state index is 0.0420. The van der Waals surface area contributed by atoms with E-state index < -0.39 is 21.7 Å². The zero-order valence-corrected chi connectivity index (χ0v) is 15.8. The molecule has 0 bridgehead atoms. The van der Waals surface area contributed by atoms with E-state index in [1.807, 2.05) is 0 Å². The Bertz CT molecular complexity index is 914. The quantitative estimate of drug-likeness (QED) is 0.242.